The third kappa shape index (κ3) is 6.33. The molecule has 1 aliphatic heterocycles. The summed E-state index contributed by atoms with van der Waals surface area (Å²) in [5, 5.41) is 10.0. The Balaban J connectivity index is 1.72. The summed E-state index contributed by atoms with van der Waals surface area (Å²) in [6, 6.07) is 6.41. The maximum absolute atomic E-state index is 13.8. The molecule has 1 atom stereocenters. The van der Waals surface area contributed by atoms with Gasteiger partial charge in [0.1, 0.15) is 18.0 Å². The number of hydrogen-bond acceptors (Lipinski definition) is 5. The number of benzene rings is 1. The quantitative estimate of drug-likeness (QED) is 0.677. The van der Waals surface area contributed by atoms with Crippen LogP contribution in [0.2, 0.25) is 0 Å². The molecule has 8 heteroatoms. The molecule has 162 valence electrons. The molecule has 1 aliphatic rings. The Bertz CT molecular complexity index is 937. The van der Waals surface area contributed by atoms with E-state index in [1.165, 1.54) is 6.07 Å². The van der Waals surface area contributed by atoms with Gasteiger partial charge in [0.05, 0.1) is 13.2 Å². The normalized spacial score (nSPS) is 16.7. The van der Waals surface area contributed by atoms with E-state index < -0.39 is 10.0 Å². The molecule has 1 aromatic heterocycles. The summed E-state index contributed by atoms with van der Waals surface area (Å²) in [5.41, 5.74) is 1.02. The number of rotatable bonds is 7. The van der Waals surface area contributed by atoms with E-state index in [-0.39, 0.29) is 30.6 Å². The van der Waals surface area contributed by atoms with Crippen LogP contribution in [0, 0.1) is 22.9 Å². The molecule has 6 nitrogen and oxygen atoms in total. The van der Waals surface area contributed by atoms with E-state index >= 15 is 0 Å². The van der Waals surface area contributed by atoms with Gasteiger partial charge in [-0.15, -0.1) is 0 Å². The fourth-order valence-corrected chi connectivity index (χ4v) is 3.25. The van der Waals surface area contributed by atoms with Crippen LogP contribution in [0.3, 0.4) is 0 Å². The number of ether oxygens (including phenoxy) is 2. The first kappa shape index (κ1) is 22.3. The molecule has 1 unspecified atom stereocenters. The summed E-state index contributed by atoms with van der Waals surface area (Å²) in [4.78, 5) is 12.7. The predicted molar refractivity (Wildman–Crippen MR) is 115 cm³/mol. The smallest absolute Gasteiger partial charge is 0.274 e. The highest BCUT2D eigenvalue weighted by atomic mass is 32.3. The third-order valence-corrected chi connectivity index (χ3v) is 5.20. The van der Waals surface area contributed by atoms with Crippen LogP contribution in [0.25, 0.3) is 0 Å². The first-order chi connectivity index (χ1) is 14.3. The molecular weight excluding hydrogens is 407 g/mol. The van der Waals surface area contributed by atoms with Gasteiger partial charge >= 0.3 is 0 Å². The summed E-state index contributed by atoms with van der Waals surface area (Å²) < 4.78 is 30.1. The number of nitrogens with one attached hydrogen (secondary N) is 1. The summed E-state index contributed by atoms with van der Waals surface area (Å²) in [6.07, 6.45) is 7.10. The second-order valence-electron chi connectivity index (χ2n) is 7.92. The molecular formula is C22H27FN2O4S. The van der Waals surface area contributed by atoms with E-state index in [0.29, 0.717) is 36.0 Å². The van der Waals surface area contributed by atoms with Crippen molar-refractivity contribution in [3.8, 4) is 11.2 Å². The summed E-state index contributed by atoms with van der Waals surface area (Å²) in [5.74, 6) is 3.06. The maximum Gasteiger partial charge on any atom is 0.274 e. The number of carbonyl (C=O) groups excluding carboxylic acids is 1. The van der Waals surface area contributed by atoms with Gasteiger partial charge in [0.15, 0.2) is 11.5 Å². The van der Waals surface area contributed by atoms with E-state index in [1.54, 1.807) is 18.2 Å². The molecule has 30 heavy (non-hydrogen) atoms. The lowest BCUT2D eigenvalue weighted by Gasteiger charge is -2.14. The number of halogens is 1. The van der Waals surface area contributed by atoms with Gasteiger partial charge in [-0.25, -0.2) is 4.39 Å². The zero-order chi connectivity index (χ0) is 21.6. The Hall–Kier alpha value is -2.34. The van der Waals surface area contributed by atoms with Crippen molar-refractivity contribution in [3.63, 3.8) is 0 Å². The van der Waals surface area contributed by atoms with Crippen LogP contribution < -0.4 is 5.32 Å². The van der Waals surface area contributed by atoms with Gasteiger partial charge in [-0.2, -0.15) is 10.0 Å². The van der Waals surface area contributed by atoms with Crippen molar-refractivity contribution >= 4 is 15.9 Å². The van der Waals surface area contributed by atoms with E-state index in [9.17, 15) is 9.18 Å². The molecule has 0 aliphatic carbocycles. The van der Waals surface area contributed by atoms with Gasteiger partial charge in [-0.05, 0) is 36.5 Å². The minimum absolute atomic E-state index is 0.0363. The van der Waals surface area contributed by atoms with Gasteiger partial charge in [0.25, 0.3) is 5.91 Å². The highest BCUT2D eigenvalue weighted by Crippen LogP contribution is 2.32. The van der Waals surface area contributed by atoms with E-state index in [2.05, 4.69) is 40.4 Å². The van der Waals surface area contributed by atoms with Crippen LogP contribution in [0.15, 0.2) is 28.8 Å². The van der Waals surface area contributed by atoms with Gasteiger partial charge in [0, 0.05) is 24.6 Å². The molecule has 0 saturated carbocycles. The van der Waals surface area contributed by atoms with Gasteiger partial charge in [-0.1, -0.05) is 29.3 Å². The molecule has 1 amide bonds. The van der Waals surface area contributed by atoms with Crippen LogP contribution in [-0.4, -0.2) is 49.6 Å². The zero-order valence-corrected chi connectivity index (χ0v) is 18.3. The summed E-state index contributed by atoms with van der Waals surface area (Å²) in [7, 11) is -1.12. The highest BCUT2D eigenvalue weighted by Gasteiger charge is 2.23. The lowest BCUT2D eigenvalue weighted by molar-refractivity contribution is 0.0857. The molecule has 1 saturated heterocycles. The first-order valence-electron chi connectivity index (χ1n) is 9.70. The van der Waals surface area contributed by atoms with Crippen molar-refractivity contribution in [2.45, 2.75) is 19.6 Å². The first-order valence-corrected chi connectivity index (χ1v) is 12.6. The fourth-order valence-electron chi connectivity index (χ4n) is 2.84. The van der Waals surface area contributed by atoms with E-state index in [1.807, 2.05) is 0 Å². The van der Waals surface area contributed by atoms with Crippen molar-refractivity contribution in [3.05, 3.63) is 52.7 Å². The predicted octanol–water partition coefficient (Wildman–Crippen LogP) is 3.30. The molecule has 0 bridgehead atoms. The Morgan fingerprint density at radius 1 is 1.33 bits per heavy atom. The van der Waals surface area contributed by atoms with Crippen molar-refractivity contribution in [2.75, 3.05) is 38.5 Å². The van der Waals surface area contributed by atoms with Crippen LogP contribution in [0.1, 0.15) is 33.8 Å². The molecule has 3 rings (SSSR count). The van der Waals surface area contributed by atoms with Crippen molar-refractivity contribution in [2.24, 2.45) is 5.92 Å². The zero-order valence-electron chi connectivity index (χ0n) is 17.5. The lowest BCUT2D eigenvalue weighted by atomic mass is 10.1. The van der Waals surface area contributed by atoms with Crippen molar-refractivity contribution < 1.29 is 23.2 Å². The molecule has 1 N–H and O–H groups in total. The molecule has 1 aromatic carbocycles. The Labute approximate surface area is 177 Å². The van der Waals surface area contributed by atoms with Gasteiger partial charge < -0.3 is 19.3 Å². The van der Waals surface area contributed by atoms with Crippen molar-refractivity contribution in [1.82, 2.24) is 10.5 Å². The maximum atomic E-state index is 13.8. The third-order valence-electron chi connectivity index (χ3n) is 4.48. The Morgan fingerprint density at radius 2 is 2.13 bits per heavy atom. The second kappa shape index (κ2) is 10.1. The van der Waals surface area contributed by atoms with Crippen LogP contribution >= 0.6 is 10.0 Å². The minimum atomic E-state index is -1.12. The lowest BCUT2D eigenvalue weighted by Crippen LogP contribution is -2.30. The number of aromatic nitrogens is 1. The number of amides is 1. The largest absolute Gasteiger partial charge is 0.381 e. The number of carbonyl (C=O) groups is 1. The number of hydrogen-bond donors (Lipinski definition) is 1. The summed E-state index contributed by atoms with van der Waals surface area (Å²) in [6.45, 7) is 2.00. The highest BCUT2D eigenvalue weighted by molar-refractivity contribution is 8.35. The molecule has 1 fully saturated rings. The molecule has 2 aromatic rings. The van der Waals surface area contributed by atoms with Crippen LogP contribution in [0.4, 0.5) is 4.39 Å². The Morgan fingerprint density at radius 3 is 2.83 bits per heavy atom. The standard InChI is InChI=1S/C22H27FN2O4S/c1-30(2,3)11-9-18-20(15-28-14-17-6-4-5-7-19(17)23)29-25-21(18)22(26)24-12-16-8-10-27-13-16/h4-7,16H,8,10,12-15H2,1-3H3,(H,24,26). The molecule has 0 radical (unpaired) electrons. The average molecular weight is 435 g/mol. The van der Waals surface area contributed by atoms with Crippen LogP contribution in [0.5, 0.6) is 0 Å². The SMILES string of the molecule is CS(C)(C)C#Cc1c(C(=O)NCC2CCOC2)noc1COCc1ccccc1F. The second-order valence-corrected chi connectivity index (χ2v) is 11.8. The Kier molecular flexibility index (Phi) is 7.53. The van der Waals surface area contributed by atoms with Gasteiger partial charge in [-0.3, -0.25) is 4.79 Å². The van der Waals surface area contributed by atoms with E-state index in [0.717, 1.165) is 13.0 Å². The average Bonchev–Trinajstić information content (AvgIpc) is 3.35. The van der Waals surface area contributed by atoms with Gasteiger partial charge in [0.2, 0.25) is 0 Å². The fraction of sp³-hybridized carbons (Fsp3) is 0.455. The summed E-state index contributed by atoms with van der Waals surface area (Å²) >= 11 is 0. The monoisotopic (exact) mass is 434 g/mol. The molecule has 2 heterocycles. The van der Waals surface area contributed by atoms with E-state index in [4.69, 9.17) is 14.0 Å². The van der Waals surface area contributed by atoms with Crippen LogP contribution in [-0.2, 0) is 22.7 Å². The topological polar surface area (TPSA) is 73.6 Å². The van der Waals surface area contributed by atoms with Crippen molar-refractivity contribution in [1.29, 1.82) is 0 Å². The minimum Gasteiger partial charge on any atom is -0.381 e. The molecule has 0 spiro atoms. The number of nitrogens with zero attached hydrogens (tertiary/aromatic N) is 1.